The number of hydrogen-bond donors (Lipinski definition) is 1. The summed E-state index contributed by atoms with van der Waals surface area (Å²) < 4.78 is 9.87. The van der Waals surface area contributed by atoms with Crippen molar-refractivity contribution in [3.05, 3.63) is 18.2 Å². The SMILES string of the molecule is CC(C)OC(=O)Oc1cccc2[nH]nnc12. The van der Waals surface area contributed by atoms with Crippen LogP contribution in [0.3, 0.4) is 0 Å². The molecule has 6 heteroatoms. The Bertz CT molecular complexity index is 507. The molecular weight excluding hydrogens is 210 g/mol. The summed E-state index contributed by atoms with van der Waals surface area (Å²) in [5, 5.41) is 10.1. The average molecular weight is 221 g/mol. The highest BCUT2D eigenvalue weighted by atomic mass is 16.7. The van der Waals surface area contributed by atoms with Gasteiger partial charge in [-0.3, -0.25) is 5.10 Å². The largest absolute Gasteiger partial charge is 0.514 e. The molecule has 0 aliphatic heterocycles. The maximum Gasteiger partial charge on any atom is 0.514 e. The molecule has 0 saturated heterocycles. The van der Waals surface area contributed by atoms with Crippen molar-refractivity contribution in [3.8, 4) is 5.75 Å². The molecule has 0 amide bonds. The summed E-state index contributed by atoms with van der Waals surface area (Å²) in [7, 11) is 0. The Balaban J connectivity index is 2.20. The van der Waals surface area contributed by atoms with Crippen LogP contribution in [0.4, 0.5) is 4.79 Å². The van der Waals surface area contributed by atoms with E-state index in [2.05, 4.69) is 15.4 Å². The van der Waals surface area contributed by atoms with E-state index in [1.807, 2.05) is 0 Å². The van der Waals surface area contributed by atoms with Crippen LogP contribution in [0.1, 0.15) is 13.8 Å². The van der Waals surface area contributed by atoms with Gasteiger partial charge in [-0.05, 0) is 26.0 Å². The van der Waals surface area contributed by atoms with Crippen LogP contribution in [0.25, 0.3) is 11.0 Å². The van der Waals surface area contributed by atoms with Gasteiger partial charge in [0.05, 0.1) is 11.6 Å². The first-order valence-electron chi connectivity index (χ1n) is 4.85. The normalized spacial score (nSPS) is 10.7. The monoisotopic (exact) mass is 221 g/mol. The van der Waals surface area contributed by atoms with Crippen LogP contribution in [0, 0.1) is 0 Å². The maximum atomic E-state index is 11.3. The maximum absolute atomic E-state index is 11.3. The van der Waals surface area contributed by atoms with Crippen LogP contribution in [0.5, 0.6) is 5.75 Å². The van der Waals surface area contributed by atoms with Gasteiger partial charge < -0.3 is 9.47 Å². The first kappa shape index (κ1) is 10.4. The molecular formula is C10H11N3O3. The molecule has 0 fully saturated rings. The standard InChI is InChI=1S/C10H11N3O3/c1-6(2)15-10(14)16-8-5-3-4-7-9(8)12-13-11-7/h3-6H,1-2H3,(H,11,12,13). The second-order valence-corrected chi connectivity index (χ2v) is 3.48. The summed E-state index contributed by atoms with van der Waals surface area (Å²) in [6, 6.07) is 5.16. The lowest BCUT2D eigenvalue weighted by Gasteiger charge is -2.07. The molecule has 0 saturated carbocycles. The molecule has 0 aliphatic carbocycles. The van der Waals surface area contributed by atoms with Crippen molar-refractivity contribution < 1.29 is 14.3 Å². The van der Waals surface area contributed by atoms with E-state index in [0.29, 0.717) is 16.8 Å². The van der Waals surface area contributed by atoms with Crippen molar-refractivity contribution in [2.75, 3.05) is 0 Å². The van der Waals surface area contributed by atoms with E-state index < -0.39 is 6.16 Å². The number of fused-ring (bicyclic) bond motifs is 1. The van der Waals surface area contributed by atoms with Crippen molar-refractivity contribution in [3.63, 3.8) is 0 Å². The van der Waals surface area contributed by atoms with Crippen molar-refractivity contribution >= 4 is 17.2 Å². The fourth-order valence-corrected chi connectivity index (χ4v) is 1.23. The fraction of sp³-hybridized carbons (Fsp3) is 0.300. The smallest absolute Gasteiger partial charge is 0.431 e. The summed E-state index contributed by atoms with van der Waals surface area (Å²) in [6.45, 7) is 3.50. The van der Waals surface area contributed by atoms with Crippen molar-refractivity contribution in [2.24, 2.45) is 0 Å². The zero-order chi connectivity index (χ0) is 11.5. The predicted molar refractivity (Wildman–Crippen MR) is 56.1 cm³/mol. The van der Waals surface area contributed by atoms with Crippen LogP contribution in [-0.2, 0) is 4.74 Å². The van der Waals surface area contributed by atoms with Crippen LogP contribution < -0.4 is 4.74 Å². The minimum atomic E-state index is -0.745. The Labute approximate surface area is 91.5 Å². The lowest BCUT2D eigenvalue weighted by Crippen LogP contribution is -2.15. The first-order chi connectivity index (χ1) is 7.66. The number of rotatable bonds is 2. The topological polar surface area (TPSA) is 77.1 Å². The average Bonchev–Trinajstić information content (AvgIpc) is 2.65. The zero-order valence-electron chi connectivity index (χ0n) is 8.93. The molecule has 1 aromatic heterocycles. The Hall–Kier alpha value is -2.11. The molecule has 0 bridgehead atoms. The van der Waals surface area contributed by atoms with Crippen molar-refractivity contribution in [1.82, 2.24) is 15.4 Å². The number of aromatic amines is 1. The van der Waals surface area contributed by atoms with Gasteiger partial charge in [0.25, 0.3) is 0 Å². The molecule has 1 aromatic carbocycles. The molecule has 1 N–H and O–H groups in total. The molecule has 16 heavy (non-hydrogen) atoms. The van der Waals surface area contributed by atoms with Gasteiger partial charge in [0.2, 0.25) is 0 Å². The van der Waals surface area contributed by atoms with E-state index in [4.69, 9.17) is 9.47 Å². The third-order valence-electron chi connectivity index (χ3n) is 1.84. The van der Waals surface area contributed by atoms with Gasteiger partial charge in [0.15, 0.2) is 11.3 Å². The van der Waals surface area contributed by atoms with Crippen LogP contribution in [0.15, 0.2) is 18.2 Å². The summed E-state index contributed by atoms with van der Waals surface area (Å²) in [5.74, 6) is 0.330. The second kappa shape index (κ2) is 4.18. The summed E-state index contributed by atoms with van der Waals surface area (Å²) in [5.41, 5.74) is 1.21. The number of nitrogens with zero attached hydrogens (tertiary/aromatic N) is 2. The number of H-pyrrole nitrogens is 1. The Morgan fingerprint density at radius 2 is 2.25 bits per heavy atom. The van der Waals surface area contributed by atoms with E-state index in [9.17, 15) is 4.79 Å². The molecule has 0 unspecified atom stereocenters. The number of hydrogen-bond acceptors (Lipinski definition) is 5. The highest BCUT2D eigenvalue weighted by Crippen LogP contribution is 2.21. The van der Waals surface area contributed by atoms with E-state index >= 15 is 0 Å². The third-order valence-corrected chi connectivity index (χ3v) is 1.84. The highest BCUT2D eigenvalue weighted by molar-refractivity contribution is 5.82. The molecule has 1 heterocycles. The lowest BCUT2D eigenvalue weighted by atomic mass is 10.3. The molecule has 2 aromatic rings. The van der Waals surface area contributed by atoms with Crippen molar-refractivity contribution in [1.29, 1.82) is 0 Å². The van der Waals surface area contributed by atoms with Crippen LogP contribution in [0.2, 0.25) is 0 Å². The van der Waals surface area contributed by atoms with Gasteiger partial charge >= 0.3 is 6.16 Å². The molecule has 6 nitrogen and oxygen atoms in total. The predicted octanol–water partition coefficient (Wildman–Crippen LogP) is 1.88. The third kappa shape index (κ3) is 2.10. The molecule has 0 atom stereocenters. The highest BCUT2D eigenvalue weighted by Gasteiger charge is 2.12. The van der Waals surface area contributed by atoms with E-state index in [1.54, 1.807) is 32.0 Å². The van der Waals surface area contributed by atoms with Gasteiger partial charge in [-0.2, -0.15) is 0 Å². The minimum absolute atomic E-state index is 0.219. The number of nitrogens with one attached hydrogen (secondary N) is 1. The molecule has 2 rings (SSSR count). The van der Waals surface area contributed by atoms with E-state index in [1.165, 1.54) is 0 Å². The number of carbonyl (C=O) groups is 1. The van der Waals surface area contributed by atoms with Gasteiger partial charge in [-0.1, -0.05) is 11.3 Å². The number of ether oxygens (including phenoxy) is 2. The van der Waals surface area contributed by atoms with Crippen LogP contribution >= 0.6 is 0 Å². The Kier molecular flexibility index (Phi) is 2.72. The quantitative estimate of drug-likeness (QED) is 0.618. The molecule has 0 radical (unpaired) electrons. The van der Waals surface area contributed by atoms with Gasteiger partial charge in [-0.15, -0.1) is 5.10 Å². The van der Waals surface area contributed by atoms with E-state index in [-0.39, 0.29) is 6.10 Å². The Morgan fingerprint density at radius 3 is 3.00 bits per heavy atom. The summed E-state index contributed by atoms with van der Waals surface area (Å²) >= 11 is 0. The number of aromatic nitrogens is 3. The summed E-state index contributed by atoms with van der Waals surface area (Å²) in [6.07, 6.45) is -0.963. The molecule has 0 spiro atoms. The van der Waals surface area contributed by atoms with Crippen LogP contribution in [-0.4, -0.2) is 27.7 Å². The summed E-state index contributed by atoms with van der Waals surface area (Å²) in [4.78, 5) is 11.3. The first-order valence-corrected chi connectivity index (χ1v) is 4.85. The zero-order valence-corrected chi connectivity index (χ0v) is 8.93. The fourth-order valence-electron chi connectivity index (χ4n) is 1.23. The number of carbonyl (C=O) groups excluding carboxylic acids is 1. The minimum Gasteiger partial charge on any atom is -0.431 e. The molecule has 0 aliphatic rings. The van der Waals surface area contributed by atoms with E-state index in [0.717, 1.165) is 0 Å². The van der Waals surface area contributed by atoms with Gasteiger partial charge in [-0.25, -0.2) is 4.79 Å². The van der Waals surface area contributed by atoms with Gasteiger partial charge in [0, 0.05) is 0 Å². The Morgan fingerprint density at radius 1 is 1.44 bits per heavy atom. The second-order valence-electron chi connectivity index (χ2n) is 3.48. The lowest BCUT2D eigenvalue weighted by molar-refractivity contribution is 0.0733. The molecule has 84 valence electrons. The van der Waals surface area contributed by atoms with Crippen molar-refractivity contribution in [2.45, 2.75) is 20.0 Å². The number of benzene rings is 1. The van der Waals surface area contributed by atoms with Gasteiger partial charge in [0.1, 0.15) is 0 Å².